The van der Waals surface area contributed by atoms with E-state index in [9.17, 15) is 9.59 Å². The summed E-state index contributed by atoms with van der Waals surface area (Å²) in [4.78, 5) is 32.7. The maximum absolute atomic E-state index is 14.3. The highest BCUT2D eigenvalue weighted by molar-refractivity contribution is 5.90. The molecule has 0 spiro atoms. The van der Waals surface area contributed by atoms with Crippen LogP contribution in [0.15, 0.2) is 146 Å². The molecule has 7 rings (SSSR count). The zero-order chi connectivity index (χ0) is 35.9. The molecule has 1 aliphatic heterocycles. The summed E-state index contributed by atoms with van der Waals surface area (Å²) in [7, 11) is 0. The molecule has 5 aromatic carbocycles. The summed E-state index contributed by atoms with van der Waals surface area (Å²) >= 11 is 0. The Morgan fingerprint density at radius 2 is 1.37 bits per heavy atom. The Kier molecular flexibility index (Phi) is 10.4. The fraction of sp³-hybridized carbons (Fsp3) is 0.159. The van der Waals surface area contributed by atoms with E-state index in [0.717, 1.165) is 44.6 Å². The van der Waals surface area contributed by atoms with Crippen molar-refractivity contribution < 1.29 is 19.1 Å². The summed E-state index contributed by atoms with van der Waals surface area (Å²) < 4.78 is 12.0. The molecular formula is C44H40N4O4. The van der Waals surface area contributed by atoms with Gasteiger partial charge in [0.05, 0.1) is 24.4 Å². The third kappa shape index (κ3) is 7.88. The Bertz CT molecular complexity index is 2140. The molecule has 8 nitrogen and oxygen atoms in total. The second kappa shape index (κ2) is 15.7. The number of hydrogen-bond donors (Lipinski definition) is 3. The number of nitrogens with one attached hydrogen (secondary N) is 2. The Morgan fingerprint density at radius 3 is 2.08 bits per heavy atom. The number of aromatic nitrogens is 1. The number of nitrogens with two attached hydrogens (primary N) is 1. The number of hydrogen-bond acceptors (Lipinski definition) is 6. The summed E-state index contributed by atoms with van der Waals surface area (Å²) in [6.07, 6.45) is 2.27. The maximum Gasteiger partial charge on any atom is 0.243 e. The van der Waals surface area contributed by atoms with Gasteiger partial charge in [-0.3, -0.25) is 14.6 Å². The fourth-order valence-corrected chi connectivity index (χ4v) is 6.45. The Labute approximate surface area is 303 Å². The zero-order valence-electron chi connectivity index (χ0n) is 28.9. The van der Waals surface area contributed by atoms with E-state index in [2.05, 4.69) is 27.8 Å². The van der Waals surface area contributed by atoms with E-state index >= 15 is 0 Å². The first-order chi connectivity index (χ1) is 25.4. The first kappa shape index (κ1) is 34.2. The number of nitrogens with zero attached hydrogens (tertiary/aromatic N) is 1. The molecule has 4 N–H and O–H groups in total. The molecule has 0 saturated heterocycles. The SMILES string of the molecule is CCOc1ccc2c(c1)Oc1ccccc1C2NC(=O)[C@H](Cc1ccc(-c2ccccc2)nc1)NC(=O)[C@@H](N)Cc1ccc(-c2ccccc2)cc1. The summed E-state index contributed by atoms with van der Waals surface area (Å²) in [5.41, 5.74) is 13.8. The Morgan fingerprint density at radius 1 is 0.712 bits per heavy atom. The number of para-hydroxylation sites is 1. The lowest BCUT2D eigenvalue weighted by Gasteiger charge is -2.31. The molecule has 2 amide bonds. The van der Waals surface area contributed by atoms with Crippen LogP contribution >= 0.6 is 0 Å². The van der Waals surface area contributed by atoms with E-state index in [0.29, 0.717) is 30.3 Å². The van der Waals surface area contributed by atoms with Crippen LogP contribution in [-0.4, -0.2) is 35.5 Å². The molecule has 0 aliphatic carbocycles. The first-order valence-corrected chi connectivity index (χ1v) is 17.5. The van der Waals surface area contributed by atoms with E-state index < -0.39 is 24.0 Å². The van der Waals surface area contributed by atoms with Crippen molar-refractivity contribution in [2.45, 2.75) is 37.9 Å². The van der Waals surface area contributed by atoms with Gasteiger partial charge in [0.15, 0.2) is 0 Å². The standard InChI is InChI=1S/C44H40N4O4/c1-2-51-34-22-23-36-41(27-34)52-40-16-10-9-15-35(40)42(36)48-44(50)39(26-30-19-24-38(46-28-30)33-13-7-4-8-14-33)47-43(49)37(45)25-29-17-20-32(21-18-29)31-11-5-3-6-12-31/h3-24,27-28,37,39,42H,2,25-26,45H2,1H3,(H,47,49)(H,48,50)/t37-,39-,42?/m0/s1. The average molecular weight is 689 g/mol. The van der Waals surface area contributed by atoms with Gasteiger partial charge in [-0.2, -0.15) is 0 Å². The van der Waals surface area contributed by atoms with Crippen LogP contribution in [0.2, 0.25) is 0 Å². The number of carbonyl (C=O) groups is 2. The van der Waals surface area contributed by atoms with Crippen LogP contribution in [0.3, 0.4) is 0 Å². The summed E-state index contributed by atoms with van der Waals surface area (Å²) in [5.74, 6) is 1.12. The highest BCUT2D eigenvalue weighted by atomic mass is 16.5. The molecule has 1 aromatic heterocycles. The van der Waals surface area contributed by atoms with E-state index in [1.807, 2.05) is 134 Å². The Balaban J connectivity index is 1.12. The zero-order valence-corrected chi connectivity index (χ0v) is 28.9. The predicted octanol–water partition coefficient (Wildman–Crippen LogP) is 7.42. The topological polar surface area (TPSA) is 116 Å². The van der Waals surface area contributed by atoms with Gasteiger partial charge >= 0.3 is 0 Å². The van der Waals surface area contributed by atoms with Gasteiger partial charge in [0.25, 0.3) is 0 Å². The maximum atomic E-state index is 14.3. The normalized spacial score (nSPS) is 14.2. The van der Waals surface area contributed by atoms with Gasteiger partial charge in [-0.05, 0) is 59.9 Å². The van der Waals surface area contributed by atoms with Crippen LogP contribution in [0.1, 0.15) is 35.2 Å². The molecule has 0 fully saturated rings. The van der Waals surface area contributed by atoms with Crippen LogP contribution in [-0.2, 0) is 22.4 Å². The lowest BCUT2D eigenvalue weighted by molar-refractivity contribution is -0.129. The third-order valence-corrected chi connectivity index (χ3v) is 9.16. The molecule has 0 radical (unpaired) electrons. The van der Waals surface area contributed by atoms with Crippen molar-refractivity contribution in [3.05, 3.63) is 168 Å². The predicted molar refractivity (Wildman–Crippen MR) is 203 cm³/mol. The van der Waals surface area contributed by atoms with Gasteiger partial charge in [-0.15, -0.1) is 0 Å². The quantitative estimate of drug-likeness (QED) is 0.123. The molecule has 6 aromatic rings. The van der Waals surface area contributed by atoms with Crippen molar-refractivity contribution in [2.24, 2.45) is 5.73 Å². The molecule has 1 aliphatic rings. The van der Waals surface area contributed by atoms with Gasteiger partial charge in [-0.1, -0.05) is 109 Å². The molecule has 8 heteroatoms. The van der Waals surface area contributed by atoms with Gasteiger partial charge in [0, 0.05) is 35.4 Å². The minimum Gasteiger partial charge on any atom is -0.494 e. The number of rotatable bonds is 12. The molecule has 1 unspecified atom stereocenters. The third-order valence-electron chi connectivity index (χ3n) is 9.16. The number of ether oxygens (including phenoxy) is 2. The molecule has 0 saturated carbocycles. The van der Waals surface area contributed by atoms with Crippen LogP contribution in [0, 0.1) is 0 Å². The highest BCUT2D eigenvalue weighted by Crippen LogP contribution is 2.44. The van der Waals surface area contributed by atoms with Crippen molar-refractivity contribution >= 4 is 11.8 Å². The summed E-state index contributed by atoms with van der Waals surface area (Å²) in [5, 5.41) is 6.20. The van der Waals surface area contributed by atoms with Crippen molar-refractivity contribution in [2.75, 3.05) is 6.61 Å². The molecule has 2 heterocycles. The molecule has 3 atom stereocenters. The summed E-state index contributed by atoms with van der Waals surface area (Å²) in [6.45, 7) is 2.44. The largest absolute Gasteiger partial charge is 0.494 e. The van der Waals surface area contributed by atoms with Gasteiger partial charge < -0.3 is 25.8 Å². The van der Waals surface area contributed by atoms with E-state index in [4.69, 9.17) is 15.2 Å². The second-order valence-corrected chi connectivity index (χ2v) is 12.8. The van der Waals surface area contributed by atoms with Crippen molar-refractivity contribution in [3.8, 4) is 39.6 Å². The number of pyridine rings is 1. The Hall–Kier alpha value is -6.25. The minimum absolute atomic E-state index is 0.207. The van der Waals surface area contributed by atoms with Crippen LogP contribution in [0.4, 0.5) is 0 Å². The minimum atomic E-state index is -0.940. The number of amides is 2. The monoisotopic (exact) mass is 688 g/mol. The molecular weight excluding hydrogens is 649 g/mol. The number of carbonyl (C=O) groups excluding carboxylic acids is 2. The lowest BCUT2D eigenvalue weighted by Crippen LogP contribution is -2.53. The molecule has 0 bridgehead atoms. The first-order valence-electron chi connectivity index (χ1n) is 17.5. The van der Waals surface area contributed by atoms with Crippen molar-refractivity contribution in [3.63, 3.8) is 0 Å². The van der Waals surface area contributed by atoms with E-state index in [1.54, 1.807) is 6.20 Å². The summed E-state index contributed by atoms with van der Waals surface area (Å²) in [6, 6.07) is 42.7. The van der Waals surface area contributed by atoms with E-state index in [-0.39, 0.29) is 12.3 Å². The van der Waals surface area contributed by atoms with Crippen LogP contribution in [0.5, 0.6) is 17.2 Å². The van der Waals surface area contributed by atoms with Gasteiger partial charge in [0.1, 0.15) is 23.3 Å². The molecule has 52 heavy (non-hydrogen) atoms. The van der Waals surface area contributed by atoms with Gasteiger partial charge in [-0.25, -0.2) is 0 Å². The van der Waals surface area contributed by atoms with Crippen molar-refractivity contribution in [1.82, 2.24) is 15.6 Å². The lowest BCUT2D eigenvalue weighted by atomic mass is 9.93. The van der Waals surface area contributed by atoms with E-state index in [1.165, 1.54) is 0 Å². The average Bonchev–Trinajstić information content (AvgIpc) is 3.18. The number of benzene rings is 5. The number of fused-ring (bicyclic) bond motifs is 2. The van der Waals surface area contributed by atoms with Crippen LogP contribution < -0.4 is 25.8 Å². The highest BCUT2D eigenvalue weighted by Gasteiger charge is 2.32. The van der Waals surface area contributed by atoms with Crippen molar-refractivity contribution in [1.29, 1.82) is 0 Å². The van der Waals surface area contributed by atoms with Crippen LogP contribution in [0.25, 0.3) is 22.4 Å². The smallest absolute Gasteiger partial charge is 0.243 e. The van der Waals surface area contributed by atoms with Gasteiger partial charge in [0.2, 0.25) is 11.8 Å². The fourth-order valence-electron chi connectivity index (χ4n) is 6.45. The molecule has 260 valence electrons. The second-order valence-electron chi connectivity index (χ2n) is 12.8.